The van der Waals surface area contributed by atoms with Crippen LogP contribution in [0, 0.1) is 0 Å². The van der Waals surface area contributed by atoms with Crippen LogP contribution in [-0.4, -0.2) is 38.9 Å². The van der Waals surface area contributed by atoms with Gasteiger partial charge >= 0.3 is 0 Å². The summed E-state index contributed by atoms with van der Waals surface area (Å²) in [6.45, 7) is 11.1. The highest BCUT2D eigenvalue weighted by molar-refractivity contribution is 7.89. The molecule has 27 heavy (non-hydrogen) atoms. The van der Waals surface area contributed by atoms with Gasteiger partial charge in [-0.25, -0.2) is 8.42 Å². The van der Waals surface area contributed by atoms with E-state index < -0.39 is 10.0 Å². The number of para-hydroxylation sites is 1. The molecule has 2 aromatic carbocycles. The molecule has 1 heterocycles. The number of hydrogen-bond acceptors (Lipinski definition) is 3. The Balaban J connectivity index is 1.75. The maximum atomic E-state index is 13.0. The molecular formula is C22H30N2O2S. The summed E-state index contributed by atoms with van der Waals surface area (Å²) in [5, 5.41) is 0. The molecule has 0 spiro atoms. The lowest BCUT2D eigenvalue weighted by Crippen LogP contribution is -2.49. The lowest BCUT2D eigenvalue weighted by Gasteiger charge is -2.38. The van der Waals surface area contributed by atoms with Gasteiger partial charge in [0.15, 0.2) is 0 Å². The Morgan fingerprint density at radius 1 is 0.889 bits per heavy atom. The Bertz CT molecular complexity index is 875. The molecule has 0 amide bonds. The third kappa shape index (κ3) is 4.19. The van der Waals surface area contributed by atoms with E-state index in [1.54, 1.807) is 16.4 Å². The van der Waals surface area contributed by atoms with Crippen molar-refractivity contribution in [3.05, 3.63) is 59.7 Å². The lowest BCUT2D eigenvalue weighted by atomic mass is 9.85. The number of hydrogen-bond donors (Lipinski definition) is 0. The Hall–Kier alpha value is -1.85. The molecular weight excluding hydrogens is 356 g/mol. The van der Waals surface area contributed by atoms with Crippen molar-refractivity contribution in [3.8, 4) is 0 Å². The van der Waals surface area contributed by atoms with Crippen molar-refractivity contribution in [2.75, 3.05) is 31.1 Å². The summed E-state index contributed by atoms with van der Waals surface area (Å²) >= 11 is 0. The van der Waals surface area contributed by atoms with Gasteiger partial charge in [-0.1, -0.05) is 58.0 Å². The second kappa shape index (κ2) is 7.64. The van der Waals surface area contributed by atoms with Crippen molar-refractivity contribution in [1.29, 1.82) is 0 Å². The maximum absolute atomic E-state index is 13.0. The molecule has 0 bridgehead atoms. The van der Waals surface area contributed by atoms with Gasteiger partial charge in [-0.15, -0.1) is 0 Å². The molecule has 3 rings (SSSR count). The van der Waals surface area contributed by atoms with Crippen molar-refractivity contribution < 1.29 is 8.42 Å². The molecule has 1 saturated heterocycles. The highest BCUT2D eigenvalue weighted by Gasteiger charge is 2.30. The van der Waals surface area contributed by atoms with E-state index >= 15 is 0 Å². The number of piperazine rings is 1. The number of benzene rings is 2. The molecule has 0 N–H and O–H groups in total. The topological polar surface area (TPSA) is 40.6 Å². The number of anilines is 1. The van der Waals surface area contributed by atoms with Crippen molar-refractivity contribution in [2.24, 2.45) is 0 Å². The van der Waals surface area contributed by atoms with Crippen LogP contribution in [0.1, 0.15) is 38.8 Å². The number of sulfonamides is 1. The van der Waals surface area contributed by atoms with Crippen LogP contribution in [-0.2, 0) is 21.9 Å². The van der Waals surface area contributed by atoms with E-state index in [2.05, 4.69) is 56.9 Å². The summed E-state index contributed by atoms with van der Waals surface area (Å²) in [6.07, 6.45) is 0.909. The SMILES string of the molecule is CCc1ccc(S(=O)(=O)N2CCN(c3ccccc3C(C)(C)C)CC2)cc1. The van der Waals surface area contributed by atoms with Crippen LogP contribution in [0.15, 0.2) is 53.4 Å². The predicted octanol–water partition coefficient (Wildman–Crippen LogP) is 4.06. The molecule has 1 fully saturated rings. The van der Waals surface area contributed by atoms with E-state index in [0.29, 0.717) is 31.1 Å². The van der Waals surface area contributed by atoms with E-state index in [0.717, 1.165) is 12.0 Å². The first-order valence-corrected chi connectivity index (χ1v) is 11.1. The summed E-state index contributed by atoms with van der Waals surface area (Å²) in [5.41, 5.74) is 3.73. The fourth-order valence-electron chi connectivity index (χ4n) is 3.60. The summed E-state index contributed by atoms with van der Waals surface area (Å²) in [6, 6.07) is 15.7. The van der Waals surface area contributed by atoms with E-state index in [1.807, 2.05) is 12.1 Å². The van der Waals surface area contributed by atoms with Gasteiger partial charge in [0.2, 0.25) is 10.0 Å². The molecule has 5 heteroatoms. The van der Waals surface area contributed by atoms with Crippen LogP contribution >= 0.6 is 0 Å². The smallest absolute Gasteiger partial charge is 0.243 e. The summed E-state index contributed by atoms with van der Waals surface area (Å²) < 4.78 is 27.5. The number of aryl methyl sites for hydroxylation is 1. The average Bonchev–Trinajstić information content (AvgIpc) is 2.67. The second-order valence-corrected chi connectivity index (χ2v) is 10.1. The van der Waals surface area contributed by atoms with Crippen LogP contribution < -0.4 is 4.90 Å². The van der Waals surface area contributed by atoms with Gasteiger partial charge in [0.05, 0.1) is 4.90 Å². The highest BCUT2D eigenvalue weighted by atomic mass is 32.2. The minimum absolute atomic E-state index is 0.0564. The lowest BCUT2D eigenvalue weighted by molar-refractivity contribution is 0.384. The molecule has 0 saturated carbocycles. The molecule has 146 valence electrons. The van der Waals surface area contributed by atoms with Gasteiger partial charge in [0.25, 0.3) is 0 Å². The Kier molecular flexibility index (Phi) is 5.63. The molecule has 0 aliphatic carbocycles. The van der Waals surface area contributed by atoms with Gasteiger partial charge in [-0.3, -0.25) is 0 Å². The van der Waals surface area contributed by atoms with Crippen molar-refractivity contribution >= 4 is 15.7 Å². The zero-order valence-electron chi connectivity index (χ0n) is 16.8. The molecule has 0 radical (unpaired) electrons. The summed E-state index contributed by atoms with van der Waals surface area (Å²) in [4.78, 5) is 2.70. The van der Waals surface area contributed by atoms with E-state index in [1.165, 1.54) is 11.3 Å². The first-order chi connectivity index (χ1) is 12.7. The number of nitrogens with zero attached hydrogens (tertiary/aromatic N) is 2. The van der Waals surface area contributed by atoms with Crippen LogP contribution in [0.25, 0.3) is 0 Å². The zero-order valence-corrected chi connectivity index (χ0v) is 17.6. The molecule has 0 atom stereocenters. The monoisotopic (exact) mass is 386 g/mol. The summed E-state index contributed by atoms with van der Waals surface area (Å²) in [7, 11) is -3.42. The Labute approximate surface area is 163 Å². The van der Waals surface area contributed by atoms with Crippen LogP contribution in [0.3, 0.4) is 0 Å². The van der Waals surface area contributed by atoms with Gasteiger partial charge < -0.3 is 4.90 Å². The second-order valence-electron chi connectivity index (χ2n) is 8.16. The standard InChI is InChI=1S/C22H30N2O2S/c1-5-18-10-12-19(13-11-18)27(25,26)24-16-14-23(15-17-24)21-9-7-6-8-20(21)22(2,3)4/h6-13H,5,14-17H2,1-4H3. The van der Waals surface area contributed by atoms with Crippen molar-refractivity contribution in [3.63, 3.8) is 0 Å². The zero-order chi connectivity index (χ0) is 19.7. The minimum Gasteiger partial charge on any atom is -0.369 e. The van der Waals surface area contributed by atoms with E-state index in [9.17, 15) is 8.42 Å². The van der Waals surface area contributed by atoms with Gasteiger partial charge in [0, 0.05) is 31.9 Å². The molecule has 4 nitrogen and oxygen atoms in total. The van der Waals surface area contributed by atoms with Gasteiger partial charge in [-0.05, 0) is 41.2 Å². The Morgan fingerprint density at radius 3 is 2.04 bits per heavy atom. The van der Waals surface area contributed by atoms with Gasteiger partial charge in [0.1, 0.15) is 0 Å². The normalized spacial score (nSPS) is 16.5. The minimum atomic E-state index is -3.42. The summed E-state index contributed by atoms with van der Waals surface area (Å²) in [5.74, 6) is 0. The fraction of sp³-hybridized carbons (Fsp3) is 0.455. The number of rotatable bonds is 4. The van der Waals surface area contributed by atoms with Crippen molar-refractivity contribution in [1.82, 2.24) is 4.31 Å². The molecule has 1 aliphatic heterocycles. The first-order valence-electron chi connectivity index (χ1n) is 9.67. The average molecular weight is 387 g/mol. The van der Waals surface area contributed by atoms with Crippen molar-refractivity contribution in [2.45, 2.75) is 44.4 Å². The third-order valence-corrected chi connectivity index (χ3v) is 7.17. The van der Waals surface area contributed by atoms with E-state index in [-0.39, 0.29) is 5.41 Å². The quantitative estimate of drug-likeness (QED) is 0.796. The molecule has 2 aromatic rings. The highest BCUT2D eigenvalue weighted by Crippen LogP contribution is 2.32. The molecule has 1 aliphatic rings. The van der Waals surface area contributed by atoms with Gasteiger partial charge in [-0.2, -0.15) is 4.31 Å². The van der Waals surface area contributed by atoms with Crippen LogP contribution in [0.4, 0.5) is 5.69 Å². The predicted molar refractivity (Wildman–Crippen MR) is 112 cm³/mol. The fourth-order valence-corrected chi connectivity index (χ4v) is 5.02. The maximum Gasteiger partial charge on any atom is 0.243 e. The van der Waals surface area contributed by atoms with Crippen LogP contribution in [0.2, 0.25) is 0 Å². The molecule has 0 unspecified atom stereocenters. The third-order valence-electron chi connectivity index (χ3n) is 5.26. The first kappa shape index (κ1) is 19.9. The van der Waals surface area contributed by atoms with Crippen LogP contribution in [0.5, 0.6) is 0 Å². The molecule has 0 aromatic heterocycles. The van der Waals surface area contributed by atoms with E-state index in [4.69, 9.17) is 0 Å². The largest absolute Gasteiger partial charge is 0.369 e. The Morgan fingerprint density at radius 2 is 1.48 bits per heavy atom.